The van der Waals surface area contributed by atoms with Gasteiger partial charge in [0.2, 0.25) is 5.91 Å². The van der Waals surface area contributed by atoms with Crippen molar-refractivity contribution >= 4 is 5.91 Å². The van der Waals surface area contributed by atoms with Gasteiger partial charge in [-0.05, 0) is 55.2 Å². The van der Waals surface area contributed by atoms with Crippen molar-refractivity contribution in [2.24, 2.45) is 23.5 Å². The monoisotopic (exact) mass is 332 g/mol. The fraction of sp³-hybridized carbons (Fsp3) is 0.632. The van der Waals surface area contributed by atoms with Crippen LogP contribution in [0.5, 0.6) is 5.75 Å². The zero-order chi connectivity index (χ0) is 17.1. The molecule has 0 spiro atoms. The number of aliphatic hydroxyl groups is 1. The van der Waals surface area contributed by atoms with Gasteiger partial charge in [0, 0.05) is 18.5 Å². The summed E-state index contributed by atoms with van der Waals surface area (Å²) in [6.45, 7) is 0.226. The lowest BCUT2D eigenvalue weighted by Crippen LogP contribution is -2.49. The Morgan fingerprint density at radius 1 is 1.38 bits per heavy atom. The minimum absolute atomic E-state index is 0.0395. The van der Waals surface area contributed by atoms with Gasteiger partial charge in [-0.3, -0.25) is 4.79 Å². The summed E-state index contributed by atoms with van der Waals surface area (Å²) in [4.78, 5) is 12.5. The molecule has 5 heteroatoms. The number of benzene rings is 1. The SMILES string of the molecule is COc1cccc(C(O)CNC(=O)C2CC3CCCC(C2)C3N)c1. The van der Waals surface area contributed by atoms with Gasteiger partial charge in [-0.1, -0.05) is 18.6 Å². The Bertz CT molecular complexity index is 563. The molecule has 2 fully saturated rings. The lowest BCUT2D eigenvalue weighted by atomic mass is 9.65. The summed E-state index contributed by atoms with van der Waals surface area (Å²) in [5, 5.41) is 13.2. The summed E-state index contributed by atoms with van der Waals surface area (Å²) in [6, 6.07) is 7.57. The Hall–Kier alpha value is -1.59. The Labute approximate surface area is 143 Å². The van der Waals surface area contributed by atoms with Crippen molar-refractivity contribution in [3.8, 4) is 5.75 Å². The van der Waals surface area contributed by atoms with Crippen LogP contribution in [0.25, 0.3) is 0 Å². The van der Waals surface area contributed by atoms with Crippen LogP contribution >= 0.6 is 0 Å². The van der Waals surface area contributed by atoms with Gasteiger partial charge in [0.25, 0.3) is 0 Å². The normalized spacial score (nSPS) is 30.5. The number of fused-ring (bicyclic) bond motifs is 2. The van der Waals surface area contributed by atoms with Crippen LogP contribution < -0.4 is 15.8 Å². The van der Waals surface area contributed by atoms with Crippen molar-refractivity contribution in [1.82, 2.24) is 5.32 Å². The minimum Gasteiger partial charge on any atom is -0.497 e. The van der Waals surface area contributed by atoms with E-state index in [0.717, 1.165) is 31.2 Å². The number of hydrogen-bond acceptors (Lipinski definition) is 4. The molecule has 24 heavy (non-hydrogen) atoms. The van der Waals surface area contributed by atoms with E-state index in [0.29, 0.717) is 17.6 Å². The molecule has 0 radical (unpaired) electrons. The van der Waals surface area contributed by atoms with Gasteiger partial charge >= 0.3 is 0 Å². The van der Waals surface area contributed by atoms with E-state index in [9.17, 15) is 9.90 Å². The smallest absolute Gasteiger partial charge is 0.223 e. The number of nitrogens with two attached hydrogens (primary N) is 1. The number of nitrogens with one attached hydrogen (secondary N) is 1. The molecule has 132 valence electrons. The number of hydrogen-bond donors (Lipinski definition) is 3. The molecule has 0 aliphatic heterocycles. The molecule has 2 aliphatic carbocycles. The predicted molar refractivity (Wildman–Crippen MR) is 92.5 cm³/mol. The number of amides is 1. The fourth-order valence-electron chi connectivity index (χ4n) is 4.31. The summed E-state index contributed by atoms with van der Waals surface area (Å²) >= 11 is 0. The second-order valence-corrected chi connectivity index (χ2v) is 7.23. The first-order chi connectivity index (χ1) is 11.6. The highest BCUT2D eigenvalue weighted by atomic mass is 16.5. The summed E-state index contributed by atoms with van der Waals surface area (Å²) in [6.07, 6.45) is 4.58. The highest BCUT2D eigenvalue weighted by molar-refractivity contribution is 5.78. The number of carbonyl (C=O) groups excluding carboxylic acids is 1. The zero-order valence-corrected chi connectivity index (χ0v) is 14.3. The summed E-state index contributed by atoms with van der Waals surface area (Å²) in [5.41, 5.74) is 7.04. The third-order valence-electron chi connectivity index (χ3n) is 5.73. The third-order valence-corrected chi connectivity index (χ3v) is 5.73. The number of carbonyl (C=O) groups is 1. The van der Waals surface area contributed by atoms with Crippen molar-refractivity contribution in [1.29, 1.82) is 0 Å². The first kappa shape index (κ1) is 17.2. The van der Waals surface area contributed by atoms with Gasteiger partial charge in [-0.2, -0.15) is 0 Å². The Morgan fingerprint density at radius 2 is 2.08 bits per heavy atom. The van der Waals surface area contributed by atoms with E-state index in [-0.39, 0.29) is 24.4 Å². The topological polar surface area (TPSA) is 84.6 Å². The van der Waals surface area contributed by atoms with Gasteiger partial charge < -0.3 is 20.9 Å². The Morgan fingerprint density at radius 3 is 2.75 bits per heavy atom. The van der Waals surface area contributed by atoms with E-state index in [1.807, 2.05) is 18.2 Å². The maximum absolute atomic E-state index is 12.5. The first-order valence-electron chi connectivity index (χ1n) is 8.93. The van der Waals surface area contributed by atoms with E-state index < -0.39 is 6.10 Å². The molecule has 1 aromatic carbocycles. The third kappa shape index (κ3) is 3.73. The molecule has 2 bridgehead atoms. The molecule has 2 aliphatic rings. The largest absolute Gasteiger partial charge is 0.497 e. The van der Waals surface area contributed by atoms with Gasteiger partial charge in [0.05, 0.1) is 13.2 Å². The lowest BCUT2D eigenvalue weighted by Gasteiger charge is -2.43. The molecular weight excluding hydrogens is 304 g/mol. The fourth-order valence-corrected chi connectivity index (χ4v) is 4.31. The average Bonchev–Trinajstić information content (AvgIpc) is 2.59. The molecule has 0 aromatic heterocycles. The van der Waals surface area contributed by atoms with Crippen molar-refractivity contribution in [2.75, 3.05) is 13.7 Å². The highest BCUT2D eigenvalue weighted by Crippen LogP contribution is 2.41. The Kier molecular flexibility index (Phi) is 5.41. The quantitative estimate of drug-likeness (QED) is 0.770. The van der Waals surface area contributed by atoms with E-state index in [2.05, 4.69) is 5.32 Å². The molecule has 3 atom stereocenters. The van der Waals surface area contributed by atoms with Crippen molar-refractivity contribution < 1.29 is 14.6 Å². The molecule has 1 aromatic rings. The maximum atomic E-state index is 12.5. The van der Waals surface area contributed by atoms with E-state index in [4.69, 9.17) is 10.5 Å². The van der Waals surface area contributed by atoms with Gasteiger partial charge in [-0.15, -0.1) is 0 Å². The standard InChI is InChI=1S/C19H28N2O3/c1-24-16-7-3-4-12(10-16)17(22)11-21-19(23)15-8-13-5-2-6-14(9-15)18(13)20/h3-4,7,10,13-15,17-18,22H,2,5-6,8-9,11,20H2,1H3,(H,21,23). The van der Waals surface area contributed by atoms with Crippen LogP contribution in [-0.4, -0.2) is 30.7 Å². The summed E-state index contributed by atoms with van der Waals surface area (Å²) < 4.78 is 5.17. The lowest BCUT2D eigenvalue weighted by molar-refractivity contribution is -0.128. The molecule has 4 N–H and O–H groups in total. The number of aliphatic hydroxyl groups excluding tert-OH is 1. The van der Waals surface area contributed by atoms with Crippen LogP contribution in [0.1, 0.15) is 43.8 Å². The van der Waals surface area contributed by atoms with Crippen molar-refractivity contribution in [3.63, 3.8) is 0 Å². The highest BCUT2D eigenvalue weighted by Gasteiger charge is 2.40. The van der Waals surface area contributed by atoms with Crippen LogP contribution in [0.2, 0.25) is 0 Å². The van der Waals surface area contributed by atoms with Gasteiger partial charge in [-0.25, -0.2) is 0 Å². The maximum Gasteiger partial charge on any atom is 0.223 e. The van der Waals surface area contributed by atoms with Gasteiger partial charge in [0.15, 0.2) is 0 Å². The van der Waals surface area contributed by atoms with Crippen LogP contribution in [0.15, 0.2) is 24.3 Å². The molecule has 1 amide bonds. The average molecular weight is 332 g/mol. The van der Waals surface area contributed by atoms with Crippen molar-refractivity contribution in [2.45, 2.75) is 44.2 Å². The van der Waals surface area contributed by atoms with Crippen LogP contribution in [0.3, 0.4) is 0 Å². The second kappa shape index (κ2) is 7.53. The van der Waals surface area contributed by atoms with Gasteiger partial charge in [0.1, 0.15) is 5.75 Å². The second-order valence-electron chi connectivity index (χ2n) is 7.23. The van der Waals surface area contributed by atoms with Crippen LogP contribution in [0.4, 0.5) is 0 Å². The molecule has 5 nitrogen and oxygen atoms in total. The molecular formula is C19H28N2O3. The van der Waals surface area contributed by atoms with Crippen LogP contribution in [0, 0.1) is 17.8 Å². The molecule has 0 heterocycles. The molecule has 3 rings (SSSR count). The Balaban J connectivity index is 1.53. The molecule has 2 saturated carbocycles. The van der Waals surface area contributed by atoms with E-state index in [1.54, 1.807) is 13.2 Å². The zero-order valence-electron chi connectivity index (χ0n) is 14.3. The number of methoxy groups -OCH3 is 1. The van der Waals surface area contributed by atoms with E-state index in [1.165, 1.54) is 6.42 Å². The summed E-state index contributed by atoms with van der Waals surface area (Å²) in [5.74, 6) is 1.76. The molecule has 3 unspecified atom stereocenters. The van der Waals surface area contributed by atoms with E-state index >= 15 is 0 Å². The first-order valence-corrected chi connectivity index (χ1v) is 8.93. The molecule has 0 saturated heterocycles. The van der Waals surface area contributed by atoms with Crippen molar-refractivity contribution in [3.05, 3.63) is 29.8 Å². The minimum atomic E-state index is -0.727. The predicted octanol–water partition coefficient (Wildman–Crippen LogP) is 2.00. The number of ether oxygens (including phenoxy) is 1. The van der Waals surface area contributed by atoms with Crippen LogP contribution in [-0.2, 0) is 4.79 Å². The summed E-state index contributed by atoms with van der Waals surface area (Å²) in [7, 11) is 1.60. The number of rotatable bonds is 5.